The van der Waals surface area contributed by atoms with E-state index in [1.807, 2.05) is 6.92 Å². The Morgan fingerprint density at radius 3 is 3.07 bits per heavy atom. The lowest BCUT2D eigenvalue weighted by atomic mass is 10.2. The molecule has 152 valence electrons. The van der Waals surface area contributed by atoms with E-state index in [9.17, 15) is 4.39 Å². The van der Waals surface area contributed by atoms with E-state index in [0.29, 0.717) is 25.0 Å². The van der Waals surface area contributed by atoms with Crippen molar-refractivity contribution in [3.8, 4) is 5.88 Å². The lowest BCUT2D eigenvalue weighted by Crippen LogP contribution is -2.11. The van der Waals surface area contributed by atoms with Crippen LogP contribution in [0.2, 0.25) is 0 Å². The van der Waals surface area contributed by atoms with E-state index >= 15 is 0 Å². The van der Waals surface area contributed by atoms with Gasteiger partial charge in [-0.1, -0.05) is 11.3 Å². The number of aromatic nitrogens is 6. The number of anilines is 2. The highest BCUT2D eigenvalue weighted by atomic mass is 32.1. The number of rotatable bonds is 7. The summed E-state index contributed by atoms with van der Waals surface area (Å²) in [6.45, 7) is 3.53. The maximum absolute atomic E-state index is 14.7. The van der Waals surface area contributed by atoms with Crippen LogP contribution in [-0.4, -0.2) is 36.6 Å². The van der Waals surface area contributed by atoms with Crippen LogP contribution < -0.4 is 15.8 Å². The summed E-state index contributed by atoms with van der Waals surface area (Å²) in [5, 5.41) is 17.1. The highest BCUT2D eigenvalue weighted by Crippen LogP contribution is 2.47. The molecule has 1 saturated carbocycles. The van der Waals surface area contributed by atoms with Crippen LogP contribution in [0.25, 0.3) is 0 Å². The van der Waals surface area contributed by atoms with Gasteiger partial charge in [0.2, 0.25) is 11.8 Å². The molecule has 29 heavy (non-hydrogen) atoms. The Bertz CT molecular complexity index is 1030. The number of fused-ring (bicyclic) bond motifs is 1. The summed E-state index contributed by atoms with van der Waals surface area (Å²) < 4.78 is 22.5. The SMILES string of the molecule is Cc1nnc(CNc2nc(N)nc(OCC3CC3c3cc4n(n3)CCC4)c2F)s1. The fourth-order valence-electron chi connectivity index (χ4n) is 3.67. The Morgan fingerprint density at radius 1 is 1.38 bits per heavy atom. The molecule has 0 amide bonds. The second-order valence-corrected chi connectivity index (χ2v) is 8.68. The van der Waals surface area contributed by atoms with Crippen LogP contribution >= 0.6 is 11.3 Å². The molecule has 1 fully saturated rings. The summed E-state index contributed by atoms with van der Waals surface area (Å²) in [4.78, 5) is 7.85. The van der Waals surface area contributed by atoms with Gasteiger partial charge in [-0.15, -0.1) is 10.2 Å². The minimum Gasteiger partial charge on any atom is -0.475 e. The van der Waals surface area contributed by atoms with Crippen LogP contribution in [0.3, 0.4) is 0 Å². The third-order valence-corrected chi connectivity index (χ3v) is 6.07. The van der Waals surface area contributed by atoms with Gasteiger partial charge in [0.05, 0.1) is 18.8 Å². The minimum atomic E-state index is -0.654. The molecule has 1 aliphatic carbocycles. The summed E-state index contributed by atoms with van der Waals surface area (Å²) >= 11 is 1.43. The molecule has 2 aliphatic rings. The lowest BCUT2D eigenvalue weighted by molar-refractivity contribution is 0.270. The number of hydrogen-bond donors (Lipinski definition) is 2. The van der Waals surface area contributed by atoms with Gasteiger partial charge in [-0.05, 0) is 32.3 Å². The van der Waals surface area contributed by atoms with Crippen molar-refractivity contribution in [2.75, 3.05) is 17.7 Å². The second-order valence-electron chi connectivity index (χ2n) is 7.42. The molecular formula is C18H21FN8OS. The van der Waals surface area contributed by atoms with Crippen LogP contribution in [0.5, 0.6) is 5.88 Å². The van der Waals surface area contributed by atoms with Crippen molar-refractivity contribution in [3.05, 3.63) is 33.3 Å². The molecule has 3 aromatic heterocycles. The number of aryl methyl sites for hydroxylation is 3. The zero-order valence-corrected chi connectivity index (χ0v) is 16.7. The van der Waals surface area contributed by atoms with Gasteiger partial charge in [0, 0.05) is 24.1 Å². The largest absolute Gasteiger partial charge is 0.475 e. The first-order valence-corrected chi connectivity index (χ1v) is 10.4. The molecule has 9 nitrogen and oxygen atoms in total. The average molecular weight is 416 g/mol. The summed E-state index contributed by atoms with van der Waals surface area (Å²) in [6, 6.07) is 2.19. The molecule has 2 unspecified atom stereocenters. The zero-order valence-electron chi connectivity index (χ0n) is 15.9. The summed E-state index contributed by atoms with van der Waals surface area (Å²) in [5.41, 5.74) is 8.16. The molecule has 0 spiro atoms. The predicted octanol–water partition coefficient (Wildman–Crippen LogP) is 2.30. The molecule has 3 aromatic rings. The van der Waals surface area contributed by atoms with Crippen LogP contribution in [0.4, 0.5) is 16.2 Å². The van der Waals surface area contributed by atoms with Crippen molar-refractivity contribution in [1.82, 2.24) is 29.9 Å². The van der Waals surface area contributed by atoms with Gasteiger partial charge in [-0.2, -0.15) is 19.5 Å². The molecule has 3 N–H and O–H groups in total. The Labute approximate surface area is 170 Å². The number of halogens is 1. The van der Waals surface area contributed by atoms with E-state index in [0.717, 1.165) is 35.1 Å². The number of nitrogen functional groups attached to an aromatic ring is 1. The molecule has 2 atom stereocenters. The Kier molecular flexibility index (Phi) is 4.53. The topological polar surface area (TPSA) is 117 Å². The molecule has 0 radical (unpaired) electrons. The molecule has 1 aliphatic heterocycles. The quantitative estimate of drug-likeness (QED) is 0.603. The van der Waals surface area contributed by atoms with Crippen LogP contribution in [0.15, 0.2) is 6.07 Å². The van der Waals surface area contributed by atoms with Crippen LogP contribution in [0.1, 0.15) is 40.2 Å². The first-order valence-electron chi connectivity index (χ1n) is 9.62. The van der Waals surface area contributed by atoms with Gasteiger partial charge in [0.1, 0.15) is 10.0 Å². The first-order chi connectivity index (χ1) is 14.1. The Hall–Kier alpha value is -2.82. The van der Waals surface area contributed by atoms with Gasteiger partial charge in [-0.25, -0.2) is 0 Å². The van der Waals surface area contributed by atoms with Crippen molar-refractivity contribution in [1.29, 1.82) is 0 Å². The molecule has 5 rings (SSSR count). The van der Waals surface area contributed by atoms with Gasteiger partial charge >= 0.3 is 0 Å². The van der Waals surface area contributed by atoms with E-state index in [4.69, 9.17) is 10.5 Å². The van der Waals surface area contributed by atoms with E-state index in [1.54, 1.807) is 0 Å². The van der Waals surface area contributed by atoms with Gasteiger partial charge in [0.25, 0.3) is 5.88 Å². The maximum Gasteiger partial charge on any atom is 0.257 e. The zero-order chi connectivity index (χ0) is 20.0. The summed E-state index contributed by atoms with van der Waals surface area (Å²) in [5.74, 6) is -0.158. The van der Waals surface area contributed by atoms with Gasteiger partial charge in [-0.3, -0.25) is 4.68 Å². The number of nitrogens with two attached hydrogens (primary N) is 1. The standard InChI is InChI=1S/C18H21FN8OS/c1-9-24-25-14(29-9)7-21-16-15(19)17(23-18(20)22-16)28-8-10-5-12(10)13-6-11-3-2-4-27(11)26-13/h6,10,12H,2-5,7-8H2,1H3,(H3,20,21,22,23). The van der Waals surface area contributed by atoms with Crippen LogP contribution in [0, 0.1) is 18.7 Å². The first kappa shape index (κ1) is 18.2. The number of nitrogens with one attached hydrogen (secondary N) is 1. The van der Waals surface area contributed by atoms with E-state index in [1.165, 1.54) is 23.5 Å². The monoisotopic (exact) mass is 416 g/mol. The fourth-order valence-corrected chi connectivity index (χ4v) is 4.32. The molecule has 0 saturated heterocycles. The smallest absolute Gasteiger partial charge is 0.257 e. The van der Waals surface area contributed by atoms with E-state index in [-0.39, 0.29) is 17.6 Å². The van der Waals surface area contributed by atoms with Gasteiger partial charge < -0.3 is 15.8 Å². The maximum atomic E-state index is 14.7. The second kappa shape index (κ2) is 7.21. The van der Waals surface area contributed by atoms with Crippen molar-refractivity contribution in [2.45, 2.75) is 45.2 Å². The number of ether oxygens (including phenoxy) is 1. The molecule has 0 bridgehead atoms. The Balaban J connectivity index is 1.21. The van der Waals surface area contributed by atoms with Crippen molar-refractivity contribution < 1.29 is 9.13 Å². The third-order valence-electron chi connectivity index (χ3n) is 5.23. The highest BCUT2D eigenvalue weighted by molar-refractivity contribution is 7.11. The van der Waals surface area contributed by atoms with E-state index < -0.39 is 5.82 Å². The fraction of sp³-hybridized carbons (Fsp3) is 0.500. The lowest BCUT2D eigenvalue weighted by Gasteiger charge is -2.10. The van der Waals surface area contributed by atoms with E-state index in [2.05, 4.69) is 41.3 Å². The van der Waals surface area contributed by atoms with Crippen molar-refractivity contribution in [3.63, 3.8) is 0 Å². The molecule has 11 heteroatoms. The Morgan fingerprint density at radius 2 is 2.28 bits per heavy atom. The average Bonchev–Trinajstić information content (AvgIpc) is 2.99. The van der Waals surface area contributed by atoms with Crippen LogP contribution in [-0.2, 0) is 19.5 Å². The predicted molar refractivity (Wildman–Crippen MR) is 105 cm³/mol. The van der Waals surface area contributed by atoms with Crippen molar-refractivity contribution in [2.24, 2.45) is 5.92 Å². The minimum absolute atomic E-state index is 0.00164. The summed E-state index contributed by atoms with van der Waals surface area (Å²) in [6.07, 6.45) is 3.25. The molecular weight excluding hydrogens is 395 g/mol. The van der Waals surface area contributed by atoms with Crippen molar-refractivity contribution >= 4 is 23.1 Å². The summed E-state index contributed by atoms with van der Waals surface area (Å²) in [7, 11) is 0. The number of hydrogen-bond acceptors (Lipinski definition) is 9. The molecule has 4 heterocycles. The number of nitrogens with zero attached hydrogens (tertiary/aromatic N) is 6. The van der Waals surface area contributed by atoms with Gasteiger partial charge in [0.15, 0.2) is 5.82 Å². The third kappa shape index (κ3) is 3.74. The molecule has 0 aromatic carbocycles. The normalized spacial score (nSPS) is 19.9. The highest BCUT2D eigenvalue weighted by Gasteiger charge is 2.41.